The molecule has 126 valence electrons. The molecule has 2 aromatic carbocycles. The van der Waals surface area contributed by atoms with Gasteiger partial charge in [-0.05, 0) is 30.7 Å². The number of carbonyl (C=O) groups excluding carboxylic acids is 2. The third-order valence-electron chi connectivity index (χ3n) is 3.30. The molecule has 0 aliphatic rings. The van der Waals surface area contributed by atoms with Crippen LogP contribution in [-0.2, 0) is 4.74 Å². The molecule has 0 fully saturated rings. The van der Waals surface area contributed by atoms with Crippen LogP contribution in [0.5, 0.6) is 0 Å². The lowest BCUT2D eigenvalue weighted by Gasteiger charge is -2.11. The van der Waals surface area contributed by atoms with E-state index in [9.17, 15) is 18.4 Å². The van der Waals surface area contributed by atoms with Crippen molar-refractivity contribution in [1.29, 1.82) is 0 Å². The van der Waals surface area contributed by atoms with Crippen molar-refractivity contribution >= 4 is 17.6 Å². The lowest BCUT2D eigenvalue weighted by atomic mass is 10.1. The van der Waals surface area contributed by atoms with E-state index in [2.05, 4.69) is 5.32 Å². The van der Waals surface area contributed by atoms with Crippen LogP contribution in [0.1, 0.15) is 40.5 Å². The standard InChI is InChI=1S/C18H17F2NO3/c1-2-3-10-24-18(23)14-6-4-5-7-16(14)21-17(22)13-9-8-12(19)11-15(13)20/h4-9,11H,2-3,10H2,1H3,(H,21,22). The van der Waals surface area contributed by atoms with Crippen LogP contribution in [0, 0.1) is 11.6 Å². The summed E-state index contributed by atoms with van der Waals surface area (Å²) >= 11 is 0. The number of halogens is 2. The van der Waals surface area contributed by atoms with E-state index in [0.717, 1.165) is 25.0 Å². The number of hydrogen-bond acceptors (Lipinski definition) is 3. The van der Waals surface area contributed by atoms with Crippen LogP contribution < -0.4 is 5.32 Å². The molecule has 24 heavy (non-hydrogen) atoms. The summed E-state index contributed by atoms with van der Waals surface area (Å²) in [4.78, 5) is 24.2. The molecule has 0 aliphatic carbocycles. The Labute approximate surface area is 138 Å². The van der Waals surface area contributed by atoms with Gasteiger partial charge in [-0.3, -0.25) is 4.79 Å². The number of anilines is 1. The summed E-state index contributed by atoms with van der Waals surface area (Å²) in [5, 5.41) is 2.46. The highest BCUT2D eigenvalue weighted by Crippen LogP contribution is 2.19. The molecule has 6 heteroatoms. The zero-order chi connectivity index (χ0) is 17.5. The fraction of sp³-hybridized carbons (Fsp3) is 0.222. The Bertz CT molecular complexity index is 747. The maximum absolute atomic E-state index is 13.7. The van der Waals surface area contributed by atoms with Crippen molar-refractivity contribution in [2.45, 2.75) is 19.8 Å². The van der Waals surface area contributed by atoms with Gasteiger partial charge in [0.2, 0.25) is 0 Å². The van der Waals surface area contributed by atoms with Gasteiger partial charge in [0.15, 0.2) is 0 Å². The van der Waals surface area contributed by atoms with Crippen LogP contribution in [0.15, 0.2) is 42.5 Å². The van der Waals surface area contributed by atoms with Crippen molar-refractivity contribution < 1.29 is 23.1 Å². The van der Waals surface area contributed by atoms with Gasteiger partial charge in [-0.2, -0.15) is 0 Å². The Morgan fingerprint density at radius 1 is 1.08 bits per heavy atom. The van der Waals surface area contributed by atoms with Gasteiger partial charge in [0.05, 0.1) is 23.4 Å². The van der Waals surface area contributed by atoms with Gasteiger partial charge in [0.25, 0.3) is 5.91 Å². The van der Waals surface area contributed by atoms with E-state index in [1.165, 1.54) is 12.1 Å². The summed E-state index contributed by atoms with van der Waals surface area (Å²) in [5.74, 6) is -3.10. The maximum atomic E-state index is 13.7. The van der Waals surface area contributed by atoms with Crippen LogP contribution in [-0.4, -0.2) is 18.5 Å². The highest BCUT2D eigenvalue weighted by atomic mass is 19.1. The van der Waals surface area contributed by atoms with Crippen LogP contribution in [0.25, 0.3) is 0 Å². The monoisotopic (exact) mass is 333 g/mol. The third-order valence-corrected chi connectivity index (χ3v) is 3.30. The summed E-state index contributed by atoms with van der Waals surface area (Å²) in [6, 6.07) is 8.93. The quantitative estimate of drug-likeness (QED) is 0.637. The van der Waals surface area contributed by atoms with Gasteiger partial charge >= 0.3 is 5.97 Å². The minimum atomic E-state index is -0.976. The van der Waals surface area contributed by atoms with Crippen LogP contribution in [0.3, 0.4) is 0 Å². The number of carbonyl (C=O) groups is 2. The number of amides is 1. The average molecular weight is 333 g/mol. The molecule has 0 atom stereocenters. The molecule has 0 aromatic heterocycles. The van der Waals surface area contributed by atoms with Crippen LogP contribution in [0.2, 0.25) is 0 Å². The molecule has 0 saturated heterocycles. The van der Waals surface area contributed by atoms with E-state index in [1.54, 1.807) is 12.1 Å². The van der Waals surface area contributed by atoms with E-state index < -0.39 is 23.5 Å². The molecule has 0 aliphatic heterocycles. The second-order valence-corrected chi connectivity index (χ2v) is 5.11. The van der Waals surface area contributed by atoms with Crippen molar-refractivity contribution in [2.75, 3.05) is 11.9 Å². The lowest BCUT2D eigenvalue weighted by Crippen LogP contribution is -2.17. The smallest absolute Gasteiger partial charge is 0.340 e. The average Bonchev–Trinajstić information content (AvgIpc) is 2.55. The number of benzene rings is 2. The molecular formula is C18H17F2NO3. The van der Waals surface area contributed by atoms with Crippen LogP contribution >= 0.6 is 0 Å². The second-order valence-electron chi connectivity index (χ2n) is 5.11. The molecule has 1 N–H and O–H groups in total. The molecule has 2 rings (SSSR count). The Hall–Kier alpha value is -2.76. The Morgan fingerprint density at radius 3 is 2.54 bits per heavy atom. The normalized spacial score (nSPS) is 10.3. The first-order valence-electron chi connectivity index (χ1n) is 7.55. The SMILES string of the molecule is CCCCOC(=O)c1ccccc1NC(=O)c1ccc(F)cc1F. The van der Waals surface area contributed by atoms with Crippen molar-refractivity contribution in [1.82, 2.24) is 0 Å². The van der Waals surface area contributed by atoms with Crippen molar-refractivity contribution in [3.8, 4) is 0 Å². The highest BCUT2D eigenvalue weighted by Gasteiger charge is 2.17. The fourth-order valence-corrected chi connectivity index (χ4v) is 2.02. The minimum Gasteiger partial charge on any atom is -0.462 e. The number of esters is 1. The predicted molar refractivity (Wildman–Crippen MR) is 85.9 cm³/mol. The number of rotatable bonds is 6. The molecule has 4 nitrogen and oxygen atoms in total. The minimum absolute atomic E-state index is 0.171. The topological polar surface area (TPSA) is 55.4 Å². The summed E-state index contributed by atoms with van der Waals surface area (Å²) in [5.41, 5.74) is 0.0581. The zero-order valence-electron chi connectivity index (χ0n) is 13.1. The van der Waals surface area contributed by atoms with E-state index in [4.69, 9.17) is 4.74 Å². The second kappa shape index (κ2) is 8.19. The van der Waals surface area contributed by atoms with Gasteiger partial charge in [-0.25, -0.2) is 13.6 Å². The van der Waals surface area contributed by atoms with Crippen LogP contribution in [0.4, 0.5) is 14.5 Å². The number of nitrogens with one attached hydrogen (secondary N) is 1. The zero-order valence-corrected chi connectivity index (χ0v) is 13.1. The maximum Gasteiger partial charge on any atom is 0.340 e. The first kappa shape index (κ1) is 17.6. The van der Waals surface area contributed by atoms with Gasteiger partial charge in [-0.1, -0.05) is 25.5 Å². The highest BCUT2D eigenvalue weighted by molar-refractivity contribution is 6.08. The number of unbranched alkanes of at least 4 members (excludes halogenated alkanes) is 1. The van der Waals surface area contributed by atoms with E-state index in [0.29, 0.717) is 6.07 Å². The third kappa shape index (κ3) is 4.38. The van der Waals surface area contributed by atoms with Gasteiger partial charge in [0.1, 0.15) is 11.6 Å². The van der Waals surface area contributed by atoms with Gasteiger partial charge < -0.3 is 10.1 Å². The predicted octanol–water partition coefficient (Wildman–Crippen LogP) is 4.17. The van der Waals surface area contributed by atoms with Gasteiger partial charge in [0, 0.05) is 6.07 Å². The number of para-hydroxylation sites is 1. The molecule has 0 saturated carbocycles. The van der Waals surface area contributed by atoms with Crippen molar-refractivity contribution in [3.05, 3.63) is 65.2 Å². The number of hydrogen-bond donors (Lipinski definition) is 1. The van der Waals surface area contributed by atoms with Crippen molar-refractivity contribution in [3.63, 3.8) is 0 Å². The molecule has 0 spiro atoms. The van der Waals surface area contributed by atoms with Crippen molar-refractivity contribution in [2.24, 2.45) is 0 Å². The first-order chi connectivity index (χ1) is 11.5. The fourth-order valence-electron chi connectivity index (χ4n) is 2.02. The Morgan fingerprint density at radius 2 is 1.83 bits per heavy atom. The van der Waals surface area contributed by atoms with Gasteiger partial charge in [-0.15, -0.1) is 0 Å². The summed E-state index contributed by atoms with van der Waals surface area (Å²) in [6.45, 7) is 2.25. The summed E-state index contributed by atoms with van der Waals surface area (Å²) < 4.78 is 31.7. The molecule has 0 unspecified atom stereocenters. The van der Waals surface area contributed by atoms with E-state index in [-0.39, 0.29) is 23.4 Å². The largest absolute Gasteiger partial charge is 0.462 e. The first-order valence-corrected chi connectivity index (χ1v) is 7.55. The molecule has 0 heterocycles. The molecule has 0 radical (unpaired) electrons. The number of ether oxygens (including phenoxy) is 1. The Kier molecular flexibility index (Phi) is 6.01. The molecule has 0 bridgehead atoms. The van der Waals surface area contributed by atoms with E-state index in [1.807, 2.05) is 6.92 Å². The molecular weight excluding hydrogens is 316 g/mol. The molecule has 2 aromatic rings. The Balaban J connectivity index is 2.17. The lowest BCUT2D eigenvalue weighted by molar-refractivity contribution is 0.0501. The molecule has 1 amide bonds. The summed E-state index contributed by atoms with van der Waals surface area (Å²) in [7, 11) is 0. The summed E-state index contributed by atoms with van der Waals surface area (Å²) in [6.07, 6.45) is 1.62. The van der Waals surface area contributed by atoms with E-state index >= 15 is 0 Å².